The first-order chi connectivity index (χ1) is 7.36. The summed E-state index contributed by atoms with van der Waals surface area (Å²) in [6.07, 6.45) is 7.13. The molecule has 0 fully saturated rings. The van der Waals surface area contributed by atoms with Crippen molar-refractivity contribution in [3.05, 3.63) is 36.4 Å². The molecule has 2 heterocycles. The van der Waals surface area contributed by atoms with Gasteiger partial charge in [0.1, 0.15) is 17.7 Å². The lowest BCUT2D eigenvalue weighted by atomic mass is 10.2. The topological polar surface area (TPSA) is 84.6 Å². The predicted octanol–water partition coefficient (Wildman–Crippen LogP) is 0.179. The normalized spacial score (nSPS) is 12.9. The Morgan fingerprint density at radius 2 is 2.40 bits per heavy atom. The van der Waals surface area contributed by atoms with E-state index in [1.54, 1.807) is 18.6 Å². The molecule has 2 aromatic heterocycles. The van der Waals surface area contributed by atoms with Crippen LogP contribution in [0.4, 0.5) is 0 Å². The third-order valence-corrected chi connectivity index (χ3v) is 2.31. The van der Waals surface area contributed by atoms with Gasteiger partial charge in [-0.1, -0.05) is 0 Å². The van der Waals surface area contributed by atoms with Crippen molar-refractivity contribution in [2.75, 3.05) is 0 Å². The van der Waals surface area contributed by atoms with Crippen molar-refractivity contribution >= 4 is 0 Å². The molecule has 0 radical (unpaired) electrons. The second-order valence-corrected chi connectivity index (χ2v) is 3.15. The number of aromatic amines is 1. The van der Waals surface area contributed by atoms with Crippen molar-refractivity contribution in [2.45, 2.75) is 19.5 Å². The van der Waals surface area contributed by atoms with E-state index in [4.69, 9.17) is 5.84 Å². The minimum absolute atomic E-state index is 0.199. The van der Waals surface area contributed by atoms with Crippen molar-refractivity contribution < 1.29 is 0 Å². The summed E-state index contributed by atoms with van der Waals surface area (Å²) >= 11 is 0. The van der Waals surface area contributed by atoms with Crippen LogP contribution in [0.3, 0.4) is 0 Å². The van der Waals surface area contributed by atoms with Gasteiger partial charge in [-0.15, -0.1) is 0 Å². The van der Waals surface area contributed by atoms with Crippen LogP contribution in [0.25, 0.3) is 0 Å². The summed E-state index contributed by atoms with van der Waals surface area (Å²) < 4.78 is 2.02. The van der Waals surface area contributed by atoms with Crippen molar-refractivity contribution in [1.82, 2.24) is 24.9 Å². The minimum atomic E-state index is -0.199. The number of aryl methyl sites for hydroxylation is 1. The van der Waals surface area contributed by atoms with E-state index in [1.807, 2.05) is 10.8 Å². The molecule has 0 saturated carbocycles. The van der Waals surface area contributed by atoms with Crippen LogP contribution in [0, 0.1) is 0 Å². The van der Waals surface area contributed by atoms with Gasteiger partial charge in [-0.05, 0) is 6.92 Å². The molecule has 0 aliphatic carbocycles. The average molecular weight is 206 g/mol. The van der Waals surface area contributed by atoms with E-state index in [9.17, 15) is 0 Å². The first kappa shape index (κ1) is 9.88. The number of H-pyrrole nitrogens is 1. The van der Waals surface area contributed by atoms with Crippen molar-refractivity contribution in [3.8, 4) is 0 Å². The monoisotopic (exact) mass is 206 g/mol. The van der Waals surface area contributed by atoms with Gasteiger partial charge in [-0.3, -0.25) is 5.84 Å². The number of nitrogens with zero attached hydrogens (tertiary/aromatic N) is 3. The quantitative estimate of drug-likeness (QED) is 0.492. The molecule has 1 unspecified atom stereocenters. The molecule has 0 aliphatic heterocycles. The molecule has 1 atom stereocenters. The molecule has 2 aromatic rings. The summed E-state index contributed by atoms with van der Waals surface area (Å²) in [4.78, 5) is 11.5. The number of nitrogens with two attached hydrogens (primary N) is 1. The molecule has 6 nitrogen and oxygen atoms in total. The van der Waals surface area contributed by atoms with Crippen molar-refractivity contribution in [1.29, 1.82) is 0 Å². The molecule has 0 aliphatic rings. The standard InChI is InChI=1S/C9H14N6/c1-2-15-6-5-13-9(15)7(14-10)8-11-3-4-12-8/h3-7,14H,2,10H2,1H3,(H,11,12). The number of rotatable bonds is 4. The van der Waals surface area contributed by atoms with Gasteiger partial charge in [0.25, 0.3) is 0 Å². The number of nitrogens with one attached hydrogen (secondary N) is 2. The van der Waals surface area contributed by atoms with E-state index in [1.165, 1.54) is 0 Å². The fraction of sp³-hybridized carbons (Fsp3) is 0.333. The van der Waals surface area contributed by atoms with Gasteiger partial charge in [0.2, 0.25) is 0 Å². The van der Waals surface area contributed by atoms with Gasteiger partial charge in [-0.2, -0.15) is 0 Å². The van der Waals surface area contributed by atoms with Crippen molar-refractivity contribution in [3.63, 3.8) is 0 Å². The van der Waals surface area contributed by atoms with Gasteiger partial charge >= 0.3 is 0 Å². The number of aromatic nitrogens is 4. The molecular formula is C9H14N6. The number of imidazole rings is 2. The third-order valence-electron chi connectivity index (χ3n) is 2.31. The minimum Gasteiger partial charge on any atom is -0.347 e. The zero-order valence-corrected chi connectivity index (χ0v) is 8.51. The number of hydrogen-bond donors (Lipinski definition) is 3. The van der Waals surface area contributed by atoms with Crippen LogP contribution in [-0.2, 0) is 6.54 Å². The molecule has 6 heteroatoms. The van der Waals surface area contributed by atoms with E-state index in [-0.39, 0.29) is 6.04 Å². The fourth-order valence-corrected chi connectivity index (χ4v) is 1.56. The van der Waals surface area contributed by atoms with Gasteiger partial charge in [-0.25, -0.2) is 15.4 Å². The highest BCUT2D eigenvalue weighted by molar-refractivity contribution is 5.11. The lowest BCUT2D eigenvalue weighted by Gasteiger charge is -2.14. The molecule has 0 bridgehead atoms. The molecular weight excluding hydrogens is 192 g/mol. The molecule has 0 saturated heterocycles. The lowest BCUT2D eigenvalue weighted by molar-refractivity contribution is 0.541. The molecule has 0 aromatic carbocycles. The molecule has 4 N–H and O–H groups in total. The zero-order chi connectivity index (χ0) is 10.7. The Morgan fingerprint density at radius 3 is 3.00 bits per heavy atom. The second kappa shape index (κ2) is 4.24. The van der Waals surface area contributed by atoms with Gasteiger partial charge in [0, 0.05) is 31.3 Å². The molecule has 80 valence electrons. The van der Waals surface area contributed by atoms with Crippen molar-refractivity contribution in [2.24, 2.45) is 5.84 Å². The maximum absolute atomic E-state index is 5.52. The van der Waals surface area contributed by atoms with E-state index in [2.05, 4.69) is 27.3 Å². The summed E-state index contributed by atoms with van der Waals surface area (Å²) in [6.45, 7) is 2.91. The van der Waals surface area contributed by atoms with Gasteiger partial charge < -0.3 is 9.55 Å². The Bertz CT molecular complexity index is 404. The van der Waals surface area contributed by atoms with E-state index < -0.39 is 0 Å². The Morgan fingerprint density at radius 1 is 1.53 bits per heavy atom. The maximum Gasteiger partial charge on any atom is 0.137 e. The summed E-state index contributed by atoms with van der Waals surface area (Å²) in [7, 11) is 0. The fourth-order valence-electron chi connectivity index (χ4n) is 1.56. The summed E-state index contributed by atoms with van der Waals surface area (Å²) in [5.74, 6) is 7.13. The largest absolute Gasteiger partial charge is 0.347 e. The highest BCUT2D eigenvalue weighted by atomic mass is 15.3. The van der Waals surface area contributed by atoms with E-state index in [0.717, 1.165) is 18.2 Å². The second-order valence-electron chi connectivity index (χ2n) is 3.15. The molecule has 0 amide bonds. The Balaban J connectivity index is 2.35. The van der Waals surface area contributed by atoms with Gasteiger partial charge in [0.15, 0.2) is 0 Å². The summed E-state index contributed by atoms with van der Waals surface area (Å²) in [5.41, 5.74) is 2.70. The van der Waals surface area contributed by atoms with E-state index >= 15 is 0 Å². The summed E-state index contributed by atoms with van der Waals surface area (Å²) in [5, 5.41) is 0. The molecule has 0 spiro atoms. The Hall–Kier alpha value is -1.66. The highest BCUT2D eigenvalue weighted by Gasteiger charge is 2.19. The van der Waals surface area contributed by atoms with Crippen LogP contribution in [0.5, 0.6) is 0 Å². The number of hydrogen-bond acceptors (Lipinski definition) is 4. The predicted molar refractivity (Wildman–Crippen MR) is 55.7 cm³/mol. The molecule has 2 rings (SSSR count). The first-order valence-electron chi connectivity index (χ1n) is 4.83. The van der Waals surface area contributed by atoms with Gasteiger partial charge in [0.05, 0.1) is 0 Å². The van der Waals surface area contributed by atoms with Crippen LogP contribution in [-0.4, -0.2) is 19.5 Å². The Kier molecular flexibility index (Phi) is 2.79. The smallest absolute Gasteiger partial charge is 0.137 e. The van der Waals surface area contributed by atoms with Crippen LogP contribution >= 0.6 is 0 Å². The lowest BCUT2D eigenvalue weighted by Crippen LogP contribution is -2.31. The zero-order valence-electron chi connectivity index (χ0n) is 8.51. The summed E-state index contributed by atoms with van der Waals surface area (Å²) in [6, 6.07) is -0.199. The van der Waals surface area contributed by atoms with E-state index in [0.29, 0.717) is 0 Å². The SMILES string of the molecule is CCn1ccnc1C(NN)c1ncc[nH]1. The van der Waals surface area contributed by atoms with Crippen LogP contribution in [0.15, 0.2) is 24.8 Å². The Labute approximate surface area is 87.5 Å². The van der Waals surface area contributed by atoms with Crippen LogP contribution < -0.4 is 11.3 Å². The maximum atomic E-state index is 5.52. The van der Waals surface area contributed by atoms with Crippen LogP contribution in [0.2, 0.25) is 0 Å². The van der Waals surface area contributed by atoms with Crippen LogP contribution in [0.1, 0.15) is 24.6 Å². The highest BCUT2D eigenvalue weighted by Crippen LogP contribution is 2.15. The average Bonchev–Trinajstić information content (AvgIpc) is 2.89. The third kappa shape index (κ3) is 1.77. The molecule has 15 heavy (non-hydrogen) atoms. The first-order valence-corrected chi connectivity index (χ1v) is 4.83. The number of hydrazine groups is 1.